The van der Waals surface area contributed by atoms with Crippen LogP contribution in [-0.2, 0) is 19.8 Å². The van der Waals surface area contributed by atoms with Gasteiger partial charge in [0, 0.05) is 50.4 Å². The molecule has 6 nitrogen and oxygen atoms in total. The Morgan fingerprint density at radius 1 is 1.15 bits per heavy atom. The molecule has 0 N–H and O–H groups in total. The van der Waals surface area contributed by atoms with E-state index in [2.05, 4.69) is 9.83 Å². The van der Waals surface area contributed by atoms with Crippen LogP contribution in [0.2, 0.25) is 0 Å². The second kappa shape index (κ2) is 8.72. The Kier molecular flexibility index (Phi) is 6.08. The van der Waals surface area contributed by atoms with Gasteiger partial charge < -0.3 is 14.3 Å². The molecule has 2 aromatic heterocycles. The molecule has 0 bridgehead atoms. The Bertz CT molecular complexity index is 1340. The fourth-order valence-corrected chi connectivity index (χ4v) is 4.52. The zero-order chi connectivity index (χ0) is 24.8. The molecule has 1 saturated heterocycles. The van der Waals surface area contributed by atoms with Crippen LogP contribution in [0.3, 0.4) is 0 Å². The van der Waals surface area contributed by atoms with Gasteiger partial charge in [-0.1, -0.05) is 12.6 Å². The first-order valence-corrected chi connectivity index (χ1v) is 10.7. The number of anilines is 1. The molecule has 3 heterocycles. The molecule has 0 aliphatic carbocycles. The van der Waals surface area contributed by atoms with Crippen molar-refractivity contribution < 1.29 is 17.6 Å². The van der Waals surface area contributed by atoms with Gasteiger partial charge in [-0.05, 0) is 38.1 Å². The van der Waals surface area contributed by atoms with Crippen molar-refractivity contribution in [1.82, 2.24) is 14.5 Å². The number of hydrogen-bond acceptors (Lipinski definition) is 4. The summed E-state index contributed by atoms with van der Waals surface area (Å²) in [5.74, 6) is -0.684. The van der Waals surface area contributed by atoms with Gasteiger partial charge in [0.25, 0.3) is 11.4 Å². The van der Waals surface area contributed by atoms with Crippen LogP contribution in [0.4, 0.5) is 29.1 Å². The van der Waals surface area contributed by atoms with Gasteiger partial charge in [0.05, 0.1) is 16.8 Å². The van der Waals surface area contributed by atoms with E-state index in [1.165, 1.54) is 10.6 Å². The van der Waals surface area contributed by atoms with E-state index in [9.17, 15) is 22.4 Å². The number of halogens is 4. The minimum absolute atomic E-state index is 0.182. The first-order valence-electron chi connectivity index (χ1n) is 10.7. The molecule has 0 radical (unpaired) electrons. The van der Waals surface area contributed by atoms with Crippen molar-refractivity contribution in [3.63, 3.8) is 0 Å². The number of hydrogen-bond donors (Lipinski definition) is 0. The number of piperazine rings is 1. The second-order valence-electron chi connectivity index (χ2n) is 8.62. The summed E-state index contributed by atoms with van der Waals surface area (Å²) in [6.07, 6.45) is -4.65. The van der Waals surface area contributed by atoms with Gasteiger partial charge in [-0.25, -0.2) is 4.39 Å². The average Bonchev–Trinajstić information content (AvgIpc) is 2.78. The van der Waals surface area contributed by atoms with Gasteiger partial charge in [0.2, 0.25) is 5.52 Å². The second-order valence-corrected chi connectivity index (χ2v) is 8.62. The average molecular weight is 473 g/mol. The molecule has 0 saturated carbocycles. The van der Waals surface area contributed by atoms with Crippen molar-refractivity contribution in [1.29, 1.82) is 0 Å². The van der Waals surface area contributed by atoms with Crippen LogP contribution in [0.1, 0.15) is 25.0 Å². The largest absolute Gasteiger partial charge is 0.416 e. The highest BCUT2D eigenvalue weighted by Crippen LogP contribution is 2.35. The molecule has 4 rings (SSSR count). The summed E-state index contributed by atoms with van der Waals surface area (Å²) in [6.45, 7) is 11.6. The topological polar surface area (TPSA) is 45.7 Å². The number of aryl methyl sites for hydroxylation is 1. The number of pyridine rings is 2. The van der Waals surface area contributed by atoms with Crippen LogP contribution in [0.25, 0.3) is 15.9 Å². The molecular weight excluding hydrogens is 450 g/mol. The van der Waals surface area contributed by atoms with E-state index >= 15 is 0 Å². The van der Waals surface area contributed by atoms with Gasteiger partial charge in [-0.2, -0.15) is 13.2 Å². The summed E-state index contributed by atoms with van der Waals surface area (Å²) in [4.78, 5) is 24.2. The molecule has 3 aromatic rings. The number of benzene rings is 1. The predicted octanol–water partition coefficient (Wildman–Crippen LogP) is 4.74. The van der Waals surface area contributed by atoms with E-state index < -0.39 is 17.6 Å². The van der Waals surface area contributed by atoms with E-state index in [4.69, 9.17) is 6.57 Å². The molecule has 34 heavy (non-hydrogen) atoms. The normalized spacial score (nSPS) is 19.4. The van der Waals surface area contributed by atoms with Gasteiger partial charge in [-0.15, -0.1) is 4.98 Å². The van der Waals surface area contributed by atoms with E-state index in [0.717, 1.165) is 18.2 Å². The van der Waals surface area contributed by atoms with Crippen LogP contribution in [0.5, 0.6) is 0 Å². The summed E-state index contributed by atoms with van der Waals surface area (Å²) in [5.41, 5.74) is 0.0933. The number of fused-ring (bicyclic) bond motifs is 1. The van der Waals surface area contributed by atoms with Gasteiger partial charge >= 0.3 is 6.18 Å². The van der Waals surface area contributed by atoms with Crippen LogP contribution < -0.4 is 10.5 Å². The zero-order valence-electron chi connectivity index (χ0n) is 18.9. The van der Waals surface area contributed by atoms with Crippen molar-refractivity contribution in [2.45, 2.75) is 38.7 Å². The van der Waals surface area contributed by atoms with Crippen molar-refractivity contribution >= 4 is 22.5 Å². The fourth-order valence-electron chi connectivity index (χ4n) is 4.52. The number of alkyl halides is 3. The summed E-state index contributed by atoms with van der Waals surface area (Å²) in [7, 11) is 1.63. The zero-order valence-corrected chi connectivity index (χ0v) is 18.9. The Morgan fingerprint density at radius 3 is 2.56 bits per heavy atom. The van der Waals surface area contributed by atoms with E-state index in [1.807, 2.05) is 23.6 Å². The number of nitrogens with zero attached hydrogens (tertiary/aromatic N) is 5. The highest BCUT2D eigenvalue weighted by molar-refractivity contribution is 5.89. The highest BCUT2D eigenvalue weighted by atomic mass is 19.4. The summed E-state index contributed by atoms with van der Waals surface area (Å²) < 4.78 is 56.3. The van der Waals surface area contributed by atoms with Crippen LogP contribution in [0, 0.1) is 12.4 Å². The Hall–Kier alpha value is -3.45. The Balaban J connectivity index is 1.68. The standard InChI is InChI=1S/C24H23F4N5O/c1-14-12-33(20-10-22(34)31(4)19-8-9-21(29-3)30-23(19)20)15(2)11-32(14)13-16-17(24(26,27)28)6-5-7-18(16)25/h5-10,14-15H,11-13H2,1-2,4H3/t14-,15+/m1/s1. The molecule has 1 aliphatic rings. The quantitative estimate of drug-likeness (QED) is 0.407. The lowest BCUT2D eigenvalue weighted by Gasteiger charge is -2.45. The van der Waals surface area contributed by atoms with Crippen molar-refractivity contribution in [2.24, 2.45) is 7.05 Å². The molecule has 0 amide bonds. The van der Waals surface area contributed by atoms with Gasteiger partial charge in [0.15, 0.2) is 0 Å². The lowest BCUT2D eigenvalue weighted by molar-refractivity contribution is -0.138. The third kappa shape index (κ3) is 4.23. The Morgan fingerprint density at radius 2 is 1.88 bits per heavy atom. The van der Waals surface area contributed by atoms with Crippen LogP contribution >= 0.6 is 0 Å². The van der Waals surface area contributed by atoms with E-state index in [1.54, 1.807) is 19.2 Å². The minimum atomic E-state index is -4.65. The first kappa shape index (κ1) is 23.7. The van der Waals surface area contributed by atoms with Crippen molar-refractivity contribution in [3.8, 4) is 0 Å². The third-order valence-corrected chi connectivity index (χ3v) is 6.38. The molecule has 1 aromatic carbocycles. The molecule has 0 unspecified atom stereocenters. The maximum atomic E-state index is 14.4. The summed E-state index contributed by atoms with van der Waals surface area (Å²) in [6, 6.07) is 7.27. The number of rotatable bonds is 3. The summed E-state index contributed by atoms with van der Waals surface area (Å²) >= 11 is 0. The molecular formula is C24H23F4N5O. The lowest BCUT2D eigenvalue weighted by Crippen LogP contribution is -2.56. The fraction of sp³-hybridized carbons (Fsp3) is 0.375. The molecule has 178 valence electrons. The molecule has 1 fully saturated rings. The SMILES string of the molecule is [C-]#[N+]c1ccc2c(n1)c(N1C[C@@H](C)N(Cc3c(F)cccc3C(F)(F)F)C[C@@H]1C)cc(=O)n2C. The molecule has 1 aliphatic heterocycles. The molecule has 0 spiro atoms. The van der Waals surface area contributed by atoms with Crippen LogP contribution in [-0.4, -0.2) is 39.6 Å². The monoisotopic (exact) mass is 473 g/mol. The molecule has 10 heteroatoms. The first-order chi connectivity index (χ1) is 16.0. The van der Waals surface area contributed by atoms with Gasteiger partial charge in [0.1, 0.15) is 5.82 Å². The smallest absolute Gasteiger partial charge is 0.362 e. The Labute approximate surface area is 193 Å². The van der Waals surface area contributed by atoms with Crippen molar-refractivity contribution in [2.75, 3.05) is 18.0 Å². The van der Waals surface area contributed by atoms with E-state index in [0.29, 0.717) is 29.8 Å². The summed E-state index contributed by atoms with van der Waals surface area (Å²) in [5, 5.41) is 0. The van der Waals surface area contributed by atoms with Crippen molar-refractivity contribution in [3.05, 3.63) is 75.1 Å². The third-order valence-electron chi connectivity index (χ3n) is 6.38. The highest BCUT2D eigenvalue weighted by Gasteiger charge is 2.37. The lowest BCUT2D eigenvalue weighted by atomic mass is 10.0. The molecule has 2 atom stereocenters. The number of aromatic nitrogens is 2. The maximum Gasteiger partial charge on any atom is 0.416 e. The van der Waals surface area contributed by atoms with E-state index in [-0.39, 0.29) is 35.6 Å². The van der Waals surface area contributed by atoms with Crippen LogP contribution in [0.15, 0.2) is 41.2 Å². The minimum Gasteiger partial charge on any atom is -0.362 e. The predicted molar refractivity (Wildman–Crippen MR) is 121 cm³/mol. The van der Waals surface area contributed by atoms with Gasteiger partial charge in [-0.3, -0.25) is 9.69 Å². The maximum absolute atomic E-state index is 14.4.